The fourth-order valence-corrected chi connectivity index (χ4v) is 3.38. The molecule has 0 amide bonds. The number of nitrogens with zero attached hydrogens (tertiary/aromatic N) is 1. The normalized spacial score (nSPS) is 17.0. The lowest BCUT2D eigenvalue weighted by atomic mass is 10.0. The first-order valence-electron chi connectivity index (χ1n) is 8.29. The van der Waals surface area contributed by atoms with E-state index in [4.69, 9.17) is 0 Å². The summed E-state index contributed by atoms with van der Waals surface area (Å²) < 4.78 is 0. The van der Waals surface area contributed by atoms with Crippen molar-refractivity contribution in [1.82, 2.24) is 10.2 Å². The second kappa shape index (κ2) is 7.08. The molecule has 0 radical (unpaired) electrons. The minimum atomic E-state index is 0.639. The minimum Gasteiger partial charge on any atom is -0.310 e. The van der Waals surface area contributed by atoms with Gasteiger partial charge in [0.25, 0.3) is 0 Å². The molecule has 0 bridgehead atoms. The van der Waals surface area contributed by atoms with Gasteiger partial charge in [0, 0.05) is 19.1 Å². The summed E-state index contributed by atoms with van der Waals surface area (Å²) in [5, 5.41) is 6.46. The maximum atomic E-state index is 4.02. The monoisotopic (exact) mass is 294 g/mol. The highest BCUT2D eigenvalue weighted by molar-refractivity contribution is 5.85. The molecular formula is C20H26N2. The third-order valence-corrected chi connectivity index (χ3v) is 4.54. The number of likely N-dealkylation sites (tertiary alicyclic amines) is 1. The number of hydrogen-bond acceptors (Lipinski definition) is 2. The van der Waals surface area contributed by atoms with Gasteiger partial charge in [-0.1, -0.05) is 54.6 Å². The van der Waals surface area contributed by atoms with Crippen LogP contribution in [0.25, 0.3) is 10.8 Å². The first-order chi connectivity index (χ1) is 10.7. The SMILES string of the molecule is C=C(C)CN1CCC(NCc2cccc3ccccc23)CC1. The summed E-state index contributed by atoms with van der Waals surface area (Å²) in [6.07, 6.45) is 2.47. The molecule has 0 aromatic heterocycles. The van der Waals surface area contributed by atoms with Gasteiger partial charge in [-0.25, -0.2) is 0 Å². The Bertz CT molecular complexity index is 634. The second-order valence-corrected chi connectivity index (χ2v) is 6.53. The lowest BCUT2D eigenvalue weighted by Crippen LogP contribution is -2.42. The summed E-state index contributed by atoms with van der Waals surface area (Å²) >= 11 is 0. The third kappa shape index (κ3) is 3.76. The molecule has 3 rings (SSSR count). The summed E-state index contributed by atoms with van der Waals surface area (Å²) in [6.45, 7) is 10.5. The van der Waals surface area contributed by atoms with E-state index in [2.05, 4.69) is 66.2 Å². The van der Waals surface area contributed by atoms with Crippen molar-refractivity contribution in [2.45, 2.75) is 32.4 Å². The molecule has 0 spiro atoms. The predicted molar refractivity (Wildman–Crippen MR) is 95.1 cm³/mol. The van der Waals surface area contributed by atoms with Crippen LogP contribution in [-0.4, -0.2) is 30.6 Å². The Kier molecular flexibility index (Phi) is 4.91. The molecule has 1 saturated heterocycles. The van der Waals surface area contributed by atoms with Gasteiger partial charge in [0.05, 0.1) is 0 Å². The van der Waals surface area contributed by atoms with Crippen molar-refractivity contribution in [3.8, 4) is 0 Å². The minimum absolute atomic E-state index is 0.639. The van der Waals surface area contributed by atoms with Gasteiger partial charge in [-0.15, -0.1) is 0 Å². The van der Waals surface area contributed by atoms with Crippen LogP contribution in [-0.2, 0) is 6.54 Å². The molecule has 2 aromatic rings. The van der Waals surface area contributed by atoms with Crippen LogP contribution < -0.4 is 5.32 Å². The smallest absolute Gasteiger partial charge is 0.0214 e. The van der Waals surface area contributed by atoms with E-state index in [9.17, 15) is 0 Å². The quantitative estimate of drug-likeness (QED) is 0.839. The number of nitrogens with one attached hydrogen (secondary N) is 1. The van der Waals surface area contributed by atoms with E-state index < -0.39 is 0 Å². The number of piperidine rings is 1. The number of hydrogen-bond donors (Lipinski definition) is 1. The van der Waals surface area contributed by atoms with Crippen LogP contribution in [0.2, 0.25) is 0 Å². The van der Waals surface area contributed by atoms with Crippen LogP contribution in [0.4, 0.5) is 0 Å². The van der Waals surface area contributed by atoms with Crippen molar-refractivity contribution in [2.75, 3.05) is 19.6 Å². The lowest BCUT2D eigenvalue weighted by Gasteiger charge is -2.32. The van der Waals surface area contributed by atoms with Gasteiger partial charge in [0.15, 0.2) is 0 Å². The van der Waals surface area contributed by atoms with Crippen LogP contribution in [0.3, 0.4) is 0 Å². The summed E-state index contributed by atoms with van der Waals surface area (Å²) in [6, 6.07) is 15.9. The largest absolute Gasteiger partial charge is 0.310 e. The molecule has 22 heavy (non-hydrogen) atoms. The topological polar surface area (TPSA) is 15.3 Å². The molecule has 1 aliphatic rings. The van der Waals surface area contributed by atoms with Crippen molar-refractivity contribution in [3.05, 3.63) is 60.2 Å². The average molecular weight is 294 g/mol. The van der Waals surface area contributed by atoms with Gasteiger partial charge in [0.1, 0.15) is 0 Å². The molecule has 0 atom stereocenters. The first kappa shape index (κ1) is 15.3. The molecule has 1 fully saturated rings. The number of benzene rings is 2. The molecule has 0 unspecified atom stereocenters. The highest BCUT2D eigenvalue weighted by atomic mass is 15.1. The molecule has 0 aliphatic carbocycles. The highest BCUT2D eigenvalue weighted by Crippen LogP contribution is 2.19. The molecule has 1 heterocycles. The maximum absolute atomic E-state index is 4.02. The average Bonchev–Trinajstić information content (AvgIpc) is 2.54. The van der Waals surface area contributed by atoms with Crippen molar-refractivity contribution in [3.63, 3.8) is 0 Å². The van der Waals surface area contributed by atoms with E-state index in [0.29, 0.717) is 6.04 Å². The lowest BCUT2D eigenvalue weighted by molar-refractivity contribution is 0.211. The molecule has 2 nitrogen and oxygen atoms in total. The Morgan fingerprint density at radius 2 is 1.86 bits per heavy atom. The van der Waals surface area contributed by atoms with Crippen molar-refractivity contribution in [2.24, 2.45) is 0 Å². The van der Waals surface area contributed by atoms with Crippen molar-refractivity contribution >= 4 is 10.8 Å². The van der Waals surface area contributed by atoms with E-state index >= 15 is 0 Å². The molecule has 0 saturated carbocycles. The first-order valence-corrected chi connectivity index (χ1v) is 8.29. The van der Waals surface area contributed by atoms with Gasteiger partial charge in [-0.3, -0.25) is 4.90 Å². The number of fused-ring (bicyclic) bond motifs is 1. The molecular weight excluding hydrogens is 268 g/mol. The van der Waals surface area contributed by atoms with Crippen molar-refractivity contribution < 1.29 is 0 Å². The van der Waals surface area contributed by atoms with Gasteiger partial charge in [0.2, 0.25) is 0 Å². The fraction of sp³-hybridized carbons (Fsp3) is 0.400. The Labute approximate surface area is 133 Å². The van der Waals surface area contributed by atoms with Crippen LogP contribution in [0.5, 0.6) is 0 Å². The Morgan fingerprint density at radius 1 is 1.14 bits per heavy atom. The van der Waals surface area contributed by atoms with E-state index in [0.717, 1.165) is 13.1 Å². The van der Waals surface area contributed by atoms with E-state index in [-0.39, 0.29) is 0 Å². The maximum Gasteiger partial charge on any atom is 0.0214 e. The third-order valence-electron chi connectivity index (χ3n) is 4.54. The molecule has 2 aromatic carbocycles. The van der Waals surface area contributed by atoms with Crippen LogP contribution in [0.1, 0.15) is 25.3 Å². The van der Waals surface area contributed by atoms with E-state index in [1.165, 1.54) is 47.8 Å². The zero-order valence-corrected chi connectivity index (χ0v) is 13.5. The predicted octanol–water partition coefficient (Wildman–Crippen LogP) is 3.97. The summed E-state index contributed by atoms with van der Waals surface area (Å²) in [5.74, 6) is 0. The summed E-state index contributed by atoms with van der Waals surface area (Å²) in [4.78, 5) is 2.51. The Morgan fingerprint density at radius 3 is 2.64 bits per heavy atom. The highest BCUT2D eigenvalue weighted by Gasteiger charge is 2.18. The van der Waals surface area contributed by atoms with Crippen LogP contribution >= 0.6 is 0 Å². The van der Waals surface area contributed by atoms with E-state index in [1.54, 1.807) is 0 Å². The standard InChI is InChI=1S/C20H26N2/c1-16(2)15-22-12-10-19(11-13-22)21-14-18-8-5-7-17-6-3-4-9-20(17)18/h3-9,19,21H,1,10-15H2,2H3. The zero-order chi connectivity index (χ0) is 15.4. The summed E-state index contributed by atoms with van der Waals surface area (Å²) in [5.41, 5.74) is 2.67. The van der Waals surface area contributed by atoms with E-state index in [1.807, 2.05) is 0 Å². The van der Waals surface area contributed by atoms with Crippen molar-refractivity contribution in [1.29, 1.82) is 0 Å². The molecule has 116 valence electrons. The number of rotatable bonds is 5. The molecule has 1 N–H and O–H groups in total. The van der Waals surface area contributed by atoms with Gasteiger partial charge in [-0.2, -0.15) is 0 Å². The van der Waals surface area contributed by atoms with Gasteiger partial charge < -0.3 is 5.32 Å². The molecule has 2 heteroatoms. The molecule has 1 aliphatic heterocycles. The second-order valence-electron chi connectivity index (χ2n) is 6.53. The van der Waals surface area contributed by atoms with Gasteiger partial charge in [-0.05, 0) is 49.2 Å². The fourth-order valence-electron chi connectivity index (χ4n) is 3.38. The van der Waals surface area contributed by atoms with Gasteiger partial charge >= 0.3 is 0 Å². The van der Waals surface area contributed by atoms with Crippen LogP contribution in [0.15, 0.2) is 54.6 Å². The Balaban J connectivity index is 1.56. The van der Waals surface area contributed by atoms with Crippen LogP contribution in [0, 0.1) is 0 Å². The Hall–Kier alpha value is -1.64. The summed E-state index contributed by atoms with van der Waals surface area (Å²) in [7, 11) is 0. The zero-order valence-electron chi connectivity index (χ0n) is 13.5.